The molecule has 1 unspecified atom stereocenters. The van der Waals surface area contributed by atoms with Crippen LogP contribution < -0.4 is 33.9 Å². The van der Waals surface area contributed by atoms with Crippen LogP contribution in [0.1, 0.15) is 74.4 Å². The molecule has 0 heterocycles. The van der Waals surface area contributed by atoms with Gasteiger partial charge in [-0.2, -0.15) is 10.4 Å². The molecule has 43 heavy (non-hydrogen) atoms. The molecule has 0 aromatic heterocycles. The Kier molecular flexibility index (Phi) is 13.6. The Labute approximate surface area is 253 Å². The van der Waals surface area contributed by atoms with E-state index in [9.17, 15) is 19.6 Å². The van der Waals surface area contributed by atoms with Gasteiger partial charge in [0.1, 0.15) is 12.4 Å². The molecule has 0 bridgehead atoms. The summed E-state index contributed by atoms with van der Waals surface area (Å²) in [6, 6.07) is 7.26. The number of nitriles is 1. The third-order valence-corrected chi connectivity index (χ3v) is 7.59. The number of allylic oxidation sites excluding steroid dienone is 3. The number of unbranched alkanes of at least 4 members (excludes halogenated alkanes) is 2. The second kappa shape index (κ2) is 16.8. The molecule has 0 aliphatic heterocycles. The SMILES string of the molecule is CC.CCCCCN(CC#N)C(=O)CNCCC1(/C(N)=N/NN)C2=C(C=C(C(N)=O)C=CC2)Cc2cc(C(N)=O)ccc21. The Bertz CT molecular complexity index is 1340. The third-order valence-electron chi connectivity index (χ3n) is 7.59. The van der Waals surface area contributed by atoms with Crippen LogP contribution >= 0.6 is 0 Å². The van der Waals surface area contributed by atoms with Gasteiger partial charge in [-0.05, 0) is 72.7 Å². The molecule has 1 aromatic carbocycles. The number of amides is 3. The van der Waals surface area contributed by atoms with Gasteiger partial charge in [-0.3, -0.25) is 14.4 Å². The Morgan fingerprint density at radius 3 is 2.51 bits per heavy atom. The average molecular weight is 592 g/mol. The number of hydrogen-bond acceptors (Lipinski definition) is 8. The summed E-state index contributed by atoms with van der Waals surface area (Å²) in [6.45, 7) is 7.03. The van der Waals surface area contributed by atoms with Crippen LogP contribution in [0.4, 0.5) is 0 Å². The number of hydrogen-bond donors (Lipinski definition) is 6. The van der Waals surface area contributed by atoms with Crippen molar-refractivity contribution in [3.05, 3.63) is 69.8 Å². The molecule has 12 nitrogen and oxygen atoms in total. The number of amidine groups is 1. The summed E-state index contributed by atoms with van der Waals surface area (Å²) in [4.78, 5) is 38.6. The molecule has 0 saturated carbocycles. The number of benzene rings is 1. The number of hydrazine groups is 1. The van der Waals surface area contributed by atoms with E-state index in [1.165, 1.54) is 0 Å². The van der Waals surface area contributed by atoms with Crippen molar-refractivity contribution in [1.29, 1.82) is 5.26 Å². The van der Waals surface area contributed by atoms with Crippen LogP contribution in [0.15, 0.2) is 58.2 Å². The van der Waals surface area contributed by atoms with E-state index in [2.05, 4.69) is 28.9 Å². The van der Waals surface area contributed by atoms with Crippen molar-refractivity contribution in [2.45, 2.75) is 64.7 Å². The molecule has 0 spiro atoms. The minimum Gasteiger partial charge on any atom is -0.385 e. The molecule has 3 amide bonds. The summed E-state index contributed by atoms with van der Waals surface area (Å²) in [5.41, 5.74) is 23.2. The van der Waals surface area contributed by atoms with Crippen molar-refractivity contribution in [3.8, 4) is 6.07 Å². The fourth-order valence-electron chi connectivity index (χ4n) is 5.58. The lowest BCUT2D eigenvalue weighted by Gasteiger charge is -2.42. The predicted octanol–water partition coefficient (Wildman–Crippen LogP) is 1.53. The summed E-state index contributed by atoms with van der Waals surface area (Å²) >= 11 is 0. The van der Waals surface area contributed by atoms with Crippen molar-refractivity contribution in [3.63, 3.8) is 0 Å². The van der Waals surface area contributed by atoms with E-state index in [-0.39, 0.29) is 24.8 Å². The monoisotopic (exact) mass is 591 g/mol. The number of primary amides is 2. The van der Waals surface area contributed by atoms with Crippen LogP contribution in [0.2, 0.25) is 0 Å². The smallest absolute Gasteiger partial charge is 0.248 e. The van der Waals surface area contributed by atoms with E-state index in [1.54, 1.807) is 29.2 Å². The van der Waals surface area contributed by atoms with Crippen LogP contribution in [0.5, 0.6) is 0 Å². The molecular weight excluding hydrogens is 546 g/mol. The highest BCUT2D eigenvalue weighted by atomic mass is 16.2. The molecule has 0 fully saturated rings. The van der Waals surface area contributed by atoms with Crippen molar-refractivity contribution in [2.75, 3.05) is 26.2 Å². The van der Waals surface area contributed by atoms with Gasteiger partial charge in [0.15, 0.2) is 0 Å². The van der Waals surface area contributed by atoms with E-state index in [4.69, 9.17) is 23.0 Å². The molecule has 1 aromatic rings. The summed E-state index contributed by atoms with van der Waals surface area (Å²) < 4.78 is 0. The minimum atomic E-state index is -0.997. The second-order valence-electron chi connectivity index (χ2n) is 10.1. The maximum Gasteiger partial charge on any atom is 0.248 e. The zero-order valence-electron chi connectivity index (χ0n) is 25.4. The fourth-order valence-corrected chi connectivity index (χ4v) is 5.58. The summed E-state index contributed by atoms with van der Waals surface area (Å²) in [5, 5.41) is 16.6. The summed E-state index contributed by atoms with van der Waals surface area (Å²) in [5.74, 6) is 4.46. The van der Waals surface area contributed by atoms with Crippen LogP contribution in [0, 0.1) is 11.3 Å². The molecule has 12 heteroatoms. The number of rotatable bonds is 14. The van der Waals surface area contributed by atoms with E-state index in [0.29, 0.717) is 43.5 Å². The molecule has 3 rings (SSSR count). The zero-order chi connectivity index (χ0) is 32.0. The highest BCUT2D eigenvalue weighted by Crippen LogP contribution is 2.47. The number of carbonyl (C=O) groups is 3. The number of fused-ring (bicyclic) bond motifs is 1. The molecule has 0 radical (unpaired) electrons. The van der Waals surface area contributed by atoms with Gasteiger partial charge >= 0.3 is 0 Å². The van der Waals surface area contributed by atoms with Gasteiger partial charge in [-0.25, -0.2) is 11.4 Å². The topological polar surface area (TPSA) is 219 Å². The van der Waals surface area contributed by atoms with E-state index in [1.807, 2.05) is 26.0 Å². The molecule has 1 atom stereocenters. The fraction of sp³-hybridized carbons (Fsp3) is 0.452. The lowest BCUT2D eigenvalue weighted by atomic mass is 9.62. The van der Waals surface area contributed by atoms with E-state index in [0.717, 1.165) is 41.5 Å². The predicted molar refractivity (Wildman–Crippen MR) is 168 cm³/mol. The Balaban J connectivity index is 0.00000316. The normalized spacial score (nSPS) is 17.3. The van der Waals surface area contributed by atoms with Crippen LogP contribution in [-0.2, 0) is 21.4 Å². The molecule has 10 N–H and O–H groups in total. The number of nitrogens with two attached hydrogens (primary N) is 4. The lowest BCUT2D eigenvalue weighted by Crippen LogP contribution is -2.49. The maximum absolute atomic E-state index is 12.9. The molecule has 2 aliphatic rings. The van der Waals surface area contributed by atoms with Gasteiger partial charge in [-0.1, -0.05) is 51.8 Å². The minimum absolute atomic E-state index is 0.0304. The third kappa shape index (κ3) is 8.30. The van der Waals surface area contributed by atoms with E-state index < -0.39 is 17.2 Å². The number of hydrazone groups is 1. The summed E-state index contributed by atoms with van der Waals surface area (Å²) in [6.07, 6.45) is 9.35. The number of nitrogens with zero attached hydrogens (tertiary/aromatic N) is 3. The second-order valence-corrected chi connectivity index (χ2v) is 10.1. The van der Waals surface area contributed by atoms with Crippen molar-refractivity contribution >= 4 is 23.6 Å². The quantitative estimate of drug-likeness (QED) is 0.0464. The first kappa shape index (κ1) is 34.7. The highest BCUT2D eigenvalue weighted by molar-refractivity contribution is 5.99. The van der Waals surface area contributed by atoms with Gasteiger partial charge < -0.3 is 27.4 Å². The van der Waals surface area contributed by atoms with Crippen LogP contribution in [-0.4, -0.2) is 54.6 Å². The van der Waals surface area contributed by atoms with Crippen molar-refractivity contribution in [1.82, 2.24) is 15.8 Å². The van der Waals surface area contributed by atoms with E-state index >= 15 is 0 Å². The Morgan fingerprint density at radius 2 is 1.88 bits per heavy atom. The zero-order valence-corrected chi connectivity index (χ0v) is 25.4. The number of carbonyl (C=O) groups excluding carboxylic acids is 3. The Hall–Kier alpha value is -4.47. The van der Waals surface area contributed by atoms with Crippen molar-refractivity contribution < 1.29 is 14.4 Å². The van der Waals surface area contributed by atoms with Gasteiger partial charge in [-0.15, -0.1) is 0 Å². The Morgan fingerprint density at radius 1 is 1.14 bits per heavy atom. The van der Waals surface area contributed by atoms with Crippen LogP contribution in [0.3, 0.4) is 0 Å². The summed E-state index contributed by atoms with van der Waals surface area (Å²) in [7, 11) is 0. The van der Waals surface area contributed by atoms with Gasteiger partial charge in [0.25, 0.3) is 0 Å². The molecule has 232 valence electrons. The lowest BCUT2D eigenvalue weighted by molar-refractivity contribution is -0.129. The highest BCUT2D eigenvalue weighted by Gasteiger charge is 2.45. The molecular formula is C31H45N9O3. The first-order valence-electron chi connectivity index (χ1n) is 14.7. The van der Waals surface area contributed by atoms with Crippen LogP contribution in [0.25, 0.3) is 0 Å². The van der Waals surface area contributed by atoms with Gasteiger partial charge in [0, 0.05) is 17.7 Å². The standard InChI is InChI=1S/C29H39N9O3.C2H6/c1-2-3-4-13-38(14-11-30)25(39)18-35-12-10-29(28(33)36-37-34)23-7-5-6-19(26(31)40)15-21(23)17-22-16-20(27(32)41)8-9-24(22)29;1-2/h5-6,8-9,15-16,35,37H,2-4,7,10,12-14,17-18,34H2,1H3,(H2,31,40)(H2,32,41)(H2,33,36);1-2H3. The van der Waals surface area contributed by atoms with Gasteiger partial charge in [0.05, 0.1) is 18.0 Å². The first-order chi connectivity index (χ1) is 20.7. The maximum atomic E-state index is 12.9. The molecule has 0 saturated heterocycles. The average Bonchev–Trinajstić information content (AvgIpc) is 3.22. The number of nitrogens with one attached hydrogen (secondary N) is 2. The van der Waals surface area contributed by atoms with Crippen molar-refractivity contribution in [2.24, 2.45) is 28.1 Å². The largest absolute Gasteiger partial charge is 0.385 e. The van der Waals surface area contributed by atoms with Gasteiger partial charge in [0.2, 0.25) is 17.7 Å². The molecule has 2 aliphatic carbocycles. The first-order valence-corrected chi connectivity index (χ1v) is 14.7.